The van der Waals surface area contributed by atoms with Crippen molar-refractivity contribution in [2.24, 2.45) is 5.92 Å². The molecule has 1 aromatic carbocycles. The number of ketones is 1. The first-order valence-corrected chi connectivity index (χ1v) is 11.0. The molecule has 5 rings (SSSR count). The molecule has 0 radical (unpaired) electrons. The zero-order valence-corrected chi connectivity index (χ0v) is 18.5. The molecule has 0 spiro atoms. The second kappa shape index (κ2) is 8.36. The van der Waals surface area contributed by atoms with Crippen LogP contribution in [-0.2, 0) is 4.79 Å². The summed E-state index contributed by atoms with van der Waals surface area (Å²) < 4.78 is 16.3. The summed E-state index contributed by atoms with van der Waals surface area (Å²) in [5.41, 5.74) is 9.95. The number of halogens is 1. The van der Waals surface area contributed by atoms with Crippen molar-refractivity contribution in [2.45, 2.75) is 38.5 Å². The Balaban J connectivity index is 1.57. The van der Waals surface area contributed by atoms with Gasteiger partial charge in [0.2, 0.25) is 0 Å². The molecule has 10 heteroatoms. The largest absolute Gasteiger partial charge is 0.481 e. The Morgan fingerprint density at radius 2 is 1.79 bits per heavy atom. The van der Waals surface area contributed by atoms with E-state index in [0.29, 0.717) is 53.8 Å². The fourth-order valence-electron chi connectivity index (χ4n) is 4.70. The SMILES string of the molecule is CC(=O)c1c(N)n2ncc(-c3cnn(-c4ccc(F)cc4)c3)c2nc1[C@H]1CC[C@@H](C(=O)O)CC1. The number of hydrogen-bond acceptors (Lipinski definition) is 6. The number of carboxylic acid groups (broad SMARTS) is 1. The van der Waals surface area contributed by atoms with Crippen molar-refractivity contribution < 1.29 is 19.1 Å². The molecule has 4 aromatic rings. The van der Waals surface area contributed by atoms with Crippen molar-refractivity contribution in [3.8, 4) is 16.8 Å². The lowest BCUT2D eigenvalue weighted by Gasteiger charge is -2.27. The fraction of sp³-hybridized carbons (Fsp3) is 0.292. The molecule has 0 unspecified atom stereocenters. The number of aliphatic carboxylic acids is 1. The molecule has 9 nitrogen and oxygen atoms in total. The van der Waals surface area contributed by atoms with E-state index in [4.69, 9.17) is 10.7 Å². The molecule has 174 valence electrons. The van der Waals surface area contributed by atoms with Crippen molar-refractivity contribution in [3.05, 3.63) is 59.9 Å². The van der Waals surface area contributed by atoms with Gasteiger partial charge in [-0.3, -0.25) is 9.59 Å². The molecule has 3 N–H and O–H groups in total. The molecule has 0 saturated heterocycles. The van der Waals surface area contributed by atoms with Gasteiger partial charge in [-0.2, -0.15) is 14.7 Å². The number of carbonyl (C=O) groups excluding carboxylic acids is 1. The standard InChI is InChI=1S/C24H23FN6O3/c1-13(32)20-21(14-2-4-15(5-3-14)24(33)34)29-23-19(11-28-31(23)22(20)26)16-10-27-30(12-16)18-8-6-17(25)7-9-18/h6-12,14-15H,2-5,26H2,1H3,(H,33,34)/t14-,15+. The Morgan fingerprint density at radius 3 is 2.44 bits per heavy atom. The molecule has 1 aliphatic carbocycles. The third-order valence-corrected chi connectivity index (χ3v) is 6.51. The lowest BCUT2D eigenvalue weighted by Crippen LogP contribution is -2.23. The number of benzene rings is 1. The molecular weight excluding hydrogens is 439 g/mol. The smallest absolute Gasteiger partial charge is 0.306 e. The van der Waals surface area contributed by atoms with Gasteiger partial charge < -0.3 is 10.8 Å². The van der Waals surface area contributed by atoms with Gasteiger partial charge in [0.15, 0.2) is 11.4 Å². The van der Waals surface area contributed by atoms with Gasteiger partial charge in [0.05, 0.1) is 35.3 Å². The molecular formula is C24H23FN6O3. The van der Waals surface area contributed by atoms with Crippen molar-refractivity contribution in [1.82, 2.24) is 24.4 Å². The lowest BCUT2D eigenvalue weighted by molar-refractivity contribution is -0.142. The van der Waals surface area contributed by atoms with Crippen LogP contribution in [0.3, 0.4) is 0 Å². The zero-order valence-electron chi connectivity index (χ0n) is 18.5. The number of nitrogen functional groups attached to an aromatic ring is 1. The highest BCUT2D eigenvalue weighted by Crippen LogP contribution is 2.39. The second-order valence-electron chi connectivity index (χ2n) is 8.64. The van der Waals surface area contributed by atoms with Crippen molar-refractivity contribution in [3.63, 3.8) is 0 Å². The number of rotatable bonds is 5. The monoisotopic (exact) mass is 462 g/mol. The van der Waals surface area contributed by atoms with Gasteiger partial charge in [-0.05, 0) is 56.9 Å². The van der Waals surface area contributed by atoms with Crippen LogP contribution < -0.4 is 5.73 Å². The van der Waals surface area contributed by atoms with Crippen LogP contribution in [0.25, 0.3) is 22.5 Å². The molecule has 0 amide bonds. The quantitative estimate of drug-likeness (QED) is 0.431. The van der Waals surface area contributed by atoms with Gasteiger partial charge in [0.1, 0.15) is 11.6 Å². The number of carbonyl (C=O) groups is 2. The van der Waals surface area contributed by atoms with Crippen LogP contribution in [0.1, 0.15) is 54.6 Å². The number of anilines is 1. The van der Waals surface area contributed by atoms with E-state index in [0.717, 1.165) is 5.56 Å². The zero-order chi connectivity index (χ0) is 24.0. The van der Waals surface area contributed by atoms with Crippen LogP contribution in [0, 0.1) is 11.7 Å². The maximum absolute atomic E-state index is 13.3. The van der Waals surface area contributed by atoms with E-state index in [1.807, 2.05) is 0 Å². The summed E-state index contributed by atoms with van der Waals surface area (Å²) in [7, 11) is 0. The first-order chi connectivity index (χ1) is 16.3. The minimum absolute atomic E-state index is 0.0634. The maximum Gasteiger partial charge on any atom is 0.306 e. The number of hydrogen-bond donors (Lipinski definition) is 2. The van der Waals surface area contributed by atoms with Crippen LogP contribution in [0.2, 0.25) is 0 Å². The first-order valence-electron chi connectivity index (χ1n) is 11.0. The Morgan fingerprint density at radius 1 is 1.09 bits per heavy atom. The van der Waals surface area contributed by atoms with Gasteiger partial charge >= 0.3 is 5.97 Å². The Labute approximate surface area is 194 Å². The Hall–Kier alpha value is -4.08. The van der Waals surface area contributed by atoms with Crippen molar-refractivity contribution in [2.75, 3.05) is 5.73 Å². The number of nitrogens with two attached hydrogens (primary N) is 1. The summed E-state index contributed by atoms with van der Waals surface area (Å²) >= 11 is 0. The summed E-state index contributed by atoms with van der Waals surface area (Å²) in [6, 6.07) is 5.98. The van der Waals surface area contributed by atoms with E-state index in [1.54, 1.807) is 35.4 Å². The molecule has 0 bridgehead atoms. The summed E-state index contributed by atoms with van der Waals surface area (Å²) in [5, 5.41) is 18.1. The molecule has 1 aliphatic rings. The van der Waals surface area contributed by atoms with Gasteiger partial charge in [0, 0.05) is 23.2 Å². The van der Waals surface area contributed by atoms with Crippen LogP contribution in [-0.4, -0.2) is 41.2 Å². The lowest BCUT2D eigenvalue weighted by atomic mass is 9.79. The minimum atomic E-state index is -0.788. The van der Waals surface area contributed by atoms with Crippen molar-refractivity contribution >= 4 is 23.2 Å². The summed E-state index contributed by atoms with van der Waals surface area (Å²) in [4.78, 5) is 28.7. The molecule has 3 heterocycles. The predicted octanol–water partition coefficient (Wildman–Crippen LogP) is 3.86. The van der Waals surface area contributed by atoms with Gasteiger partial charge in [-0.1, -0.05) is 0 Å². The topological polar surface area (TPSA) is 128 Å². The fourth-order valence-corrected chi connectivity index (χ4v) is 4.70. The minimum Gasteiger partial charge on any atom is -0.481 e. The molecule has 1 fully saturated rings. The van der Waals surface area contributed by atoms with E-state index in [-0.39, 0.29) is 29.3 Å². The molecule has 34 heavy (non-hydrogen) atoms. The highest BCUT2D eigenvalue weighted by atomic mass is 19.1. The van der Waals surface area contributed by atoms with E-state index < -0.39 is 5.97 Å². The van der Waals surface area contributed by atoms with Crippen LogP contribution in [0.5, 0.6) is 0 Å². The predicted molar refractivity (Wildman–Crippen MR) is 122 cm³/mol. The van der Waals surface area contributed by atoms with E-state index in [9.17, 15) is 19.1 Å². The van der Waals surface area contributed by atoms with Gasteiger partial charge in [-0.15, -0.1) is 0 Å². The summed E-state index contributed by atoms with van der Waals surface area (Å²) in [6.45, 7) is 1.45. The van der Waals surface area contributed by atoms with E-state index in [2.05, 4.69) is 10.2 Å². The third-order valence-electron chi connectivity index (χ3n) is 6.51. The molecule has 0 aliphatic heterocycles. The normalized spacial score (nSPS) is 18.3. The number of Topliss-reactive ketones (excluding diaryl/α,β-unsaturated/α-hetero) is 1. The average molecular weight is 462 g/mol. The Kier molecular flexibility index (Phi) is 5.35. The van der Waals surface area contributed by atoms with Crippen LogP contribution >= 0.6 is 0 Å². The maximum atomic E-state index is 13.3. The van der Waals surface area contributed by atoms with Crippen molar-refractivity contribution in [1.29, 1.82) is 0 Å². The number of nitrogens with zero attached hydrogens (tertiary/aromatic N) is 5. The Bertz CT molecular complexity index is 1400. The van der Waals surface area contributed by atoms with Crippen LogP contribution in [0.15, 0.2) is 42.9 Å². The van der Waals surface area contributed by atoms with E-state index >= 15 is 0 Å². The third kappa shape index (κ3) is 3.70. The number of carboxylic acids is 1. The highest BCUT2D eigenvalue weighted by molar-refractivity contribution is 6.00. The number of fused-ring (bicyclic) bond motifs is 1. The van der Waals surface area contributed by atoms with Gasteiger partial charge in [0.25, 0.3) is 0 Å². The molecule has 3 aromatic heterocycles. The highest BCUT2D eigenvalue weighted by Gasteiger charge is 2.31. The number of aromatic nitrogens is 5. The van der Waals surface area contributed by atoms with E-state index in [1.165, 1.54) is 23.6 Å². The summed E-state index contributed by atoms with van der Waals surface area (Å²) in [6.07, 6.45) is 7.37. The average Bonchev–Trinajstić information content (AvgIpc) is 3.46. The summed E-state index contributed by atoms with van der Waals surface area (Å²) in [5.74, 6) is -1.55. The molecule has 0 atom stereocenters. The molecule has 1 saturated carbocycles. The van der Waals surface area contributed by atoms with Crippen LogP contribution in [0.4, 0.5) is 10.2 Å². The second-order valence-corrected chi connectivity index (χ2v) is 8.64. The van der Waals surface area contributed by atoms with Gasteiger partial charge in [-0.25, -0.2) is 14.1 Å². The first kappa shape index (κ1) is 21.7.